The Morgan fingerprint density at radius 1 is 1.25 bits per heavy atom. The zero-order chi connectivity index (χ0) is 11.8. The maximum absolute atomic E-state index is 3.68. The van der Waals surface area contributed by atoms with E-state index in [0.717, 1.165) is 6.54 Å². The van der Waals surface area contributed by atoms with Gasteiger partial charge in [-0.25, -0.2) is 0 Å². The second kappa shape index (κ2) is 7.50. The number of hydrogen-bond acceptors (Lipinski definition) is 1. The number of aromatic nitrogens is 1. The molecule has 16 heavy (non-hydrogen) atoms. The Morgan fingerprint density at radius 3 is 2.62 bits per heavy atom. The first-order chi connectivity index (χ1) is 7.77. The summed E-state index contributed by atoms with van der Waals surface area (Å²) in [5.74, 6) is 0. The molecule has 2 heteroatoms. The molecule has 1 aromatic heterocycles. The van der Waals surface area contributed by atoms with Crippen molar-refractivity contribution in [2.45, 2.75) is 58.5 Å². The van der Waals surface area contributed by atoms with Crippen molar-refractivity contribution in [3.63, 3.8) is 0 Å². The quantitative estimate of drug-likeness (QED) is 0.712. The first-order valence-electron chi connectivity index (χ1n) is 6.61. The SMILES string of the molecule is CCCCC(CCC)NCc1cccn1C. The smallest absolute Gasteiger partial charge is 0.0361 e. The standard InChI is InChI=1S/C14H26N2/c1-4-6-9-13(8-5-2)15-12-14-10-7-11-16(14)3/h7,10-11,13,15H,4-6,8-9,12H2,1-3H3. The highest BCUT2D eigenvalue weighted by Gasteiger charge is 2.07. The zero-order valence-electron chi connectivity index (χ0n) is 11.0. The van der Waals surface area contributed by atoms with E-state index in [2.05, 4.69) is 49.1 Å². The molecule has 1 heterocycles. The van der Waals surface area contributed by atoms with Gasteiger partial charge in [0, 0.05) is 31.5 Å². The van der Waals surface area contributed by atoms with E-state index < -0.39 is 0 Å². The summed E-state index contributed by atoms with van der Waals surface area (Å²) in [7, 11) is 2.11. The number of aryl methyl sites for hydroxylation is 1. The van der Waals surface area contributed by atoms with Gasteiger partial charge in [0.15, 0.2) is 0 Å². The fourth-order valence-corrected chi connectivity index (χ4v) is 2.08. The van der Waals surface area contributed by atoms with Gasteiger partial charge in [-0.05, 0) is 25.0 Å². The van der Waals surface area contributed by atoms with Gasteiger partial charge in [-0.2, -0.15) is 0 Å². The number of unbranched alkanes of at least 4 members (excludes halogenated alkanes) is 1. The summed E-state index contributed by atoms with van der Waals surface area (Å²) in [6.45, 7) is 5.53. The Hall–Kier alpha value is -0.760. The largest absolute Gasteiger partial charge is 0.353 e. The van der Waals surface area contributed by atoms with Crippen LogP contribution in [0.25, 0.3) is 0 Å². The van der Waals surface area contributed by atoms with Crippen LogP contribution in [-0.4, -0.2) is 10.6 Å². The minimum atomic E-state index is 0.694. The molecule has 0 amide bonds. The van der Waals surface area contributed by atoms with Crippen LogP contribution in [0.3, 0.4) is 0 Å². The molecule has 0 aromatic carbocycles. The fourth-order valence-electron chi connectivity index (χ4n) is 2.08. The molecule has 0 saturated heterocycles. The lowest BCUT2D eigenvalue weighted by Crippen LogP contribution is -2.29. The summed E-state index contributed by atoms with van der Waals surface area (Å²) < 4.78 is 2.19. The van der Waals surface area contributed by atoms with Gasteiger partial charge in [0.2, 0.25) is 0 Å². The van der Waals surface area contributed by atoms with Crippen LogP contribution in [0.1, 0.15) is 51.6 Å². The molecule has 0 spiro atoms. The van der Waals surface area contributed by atoms with E-state index >= 15 is 0 Å². The van der Waals surface area contributed by atoms with Gasteiger partial charge in [0.25, 0.3) is 0 Å². The first-order valence-corrected chi connectivity index (χ1v) is 6.61. The van der Waals surface area contributed by atoms with Gasteiger partial charge in [0.1, 0.15) is 0 Å². The van der Waals surface area contributed by atoms with Crippen LogP contribution in [0.2, 0.25) is 0 Å². The predicted octanol–water partition coefficient (Wildman–Crippen LogP) is 3.47. The highest BCUT2D eigenvalue weighted by molar-refractivity contribution is 5.06. The van der Waals surface area contributed by atoms with Crippen molar-refractivity contribution in [2.24, 2.45) is 7.05 Å². The molecular weight excluding hydrogens is 196 g/mol. The Balaban J connectivity index is 2.34. The minimum Gasteiger partial charge on any atom is -0.353 e. The lowest BCUT2D eigenvalue weighted by Gasteiger charge is -2.18. The Kier molecular flexibility index (Phi) is 6.24. The van der Waals surface area contributed by atoms with Crippen molar-refractivity contribution >= 4 is 0 Å². The molecule has 1 aromatic rings. The predicted molar refractivity (Wildman–Crippen MR) is 70.5 cm³/mol. The number of rotatable bonds is 8. The van der Waals surface area contributed by atoms with Gasteiger partial charge in [-0.15, -0.1) is 0 Å². The van der Waals surface area contributed by atoms with E-state index in [4.69, 9.17) is 0 Å². The van der Waals surface area contributed by atoms with Crippen LogP contribution in [0.5, 0.6) is 0 Å². The van der Waals surface area contributed by atoms with E-state index in [1.807, 2.05) is 0 Å². The highest BCUT2D eigenvalue weighted by Crippen LogP contribution is 2.08. The maximum Gasteiger partial charge on any atom is 0.0361 e. The Morgan fingerprint density at radius 2 is 2.06 bits per heavy atom. The molecule has 2 nitrogen and oxygen atoms in total. The van der Waals surface area contributed by atoms with Crippen LogP contribution < -0.4 is 5.32 Å². The third-order valence-electron chi connectivity index (χ3n) is 3.17. The van der Waals surface area contributed by atoms with Gasteiger partial charge < -0.3 is 9.88 Å². The molecule has 1 N–H and O–H groups in total. The molecule has 0 aliphatic heterocycles. The summed E-state index contributed by atoms with van der Waals surface area (Å²) >= 11 is 0. The molecule has 0 fully saturated rings. The number of nitrogens with zero attached hydrogens (tertiary/aromatic N) is 1. The minimum absolute atomic E-state index is 0.694. The number of nitrogens with one attached hydrogen (secondary N) is 1. The second-order valence-corrected chi connectivity index (χ2v) is 4.62. The second-order valence-electron chi connectivity index (χ2n) is 4.62. The summed E-state index contributed by atoms with van der Waals surface area (Å²) in [6.07, 6.45) is 8.63. The molecule has 1 rings (SSSR count). The monoisotopic (exact) mass is 222 g/mol. The van der Waals surface area contributed by atoms with Crippen molar-refractivity contribution < 1.29 is 0 Å². The Labute approximate surface area is 100 Å². The third-order valence-corrected chi connectivity index (χ3v) is 3.17. The molecule has 92 valence electrons. The molecule has 0 aliphatic carbocycles. The zero-order valence-corrected chi connectivity index (χ0v) is 11.0. The van der Waals surface area contributed by atoms with E-state index in [0.29, 0.717) is 6.04 Å². The van der Waals surface area contributed by atoms with Crippen LogP contribution >= 0.6 is 0 Å². The Bertz CT molecular complexity index is 278. The van der Waals surface area contributed by atoms with Crippen molar-refractivity contribution in [3.05, 3.63) is 24.0 Å². The fraction of sp³-hybridized carbons (Fsp3) is 0.714. The molecule has 0 bridgehead atoms. The average Bonchev–Trinajstić information content (AvgIpc) is 2.68. The average molecular weight is 222 g/mol. The maximum atomic E-state index is 3.68. The molecule has 0 radical (unpaired) electrons. The van der Waals surface area contributed by atoms with Gasteiger partial charge >= 0.3 is 0 Å². The molecular formula is C14H26N2. The third kappa shape index (κ3) is 4.40. The lowest BCUT2D eigenvalue weighted by atomic mass is 10.1. The van der Waals surface area contributed by atoms with Crippen molar-refractivity contribution in [1.82, 2.24) is 9.88 Å². The first kappa shape index (κ1) is 13.3. The lowest BCUT2D eigenvalue weighted by molar-refractivity contribution is 0.429. The van der Waals surface area contributed by atoms with E-state index in [1.165, 1.54) is 37.8 Å². The summed E-state index contributed by atoms with van der Waals surface area (Å²) in [6, 6.07) is 4.99. The molecule has 0 saturated carbocycles. The molecule has 1 atom stereocenters. The normalized spacial score (nSPS) is 12.9. The van der Waals surface area contributed by atoms with Gasteiger partial charge in [0.05, 0.1) is 0 Å². The van der Waals surface area contributed by atoms with Gasteiger partial charge in [-0.3, -0.25) is 0 Å². The van der Waals surface area contributed by atoms with Crippen molar-refractivity contribution in [2.75, 3.05) is 0 Å². The van der Waals surface area contributed by atoms with Crippen LogP contribution in [-0.2, 0) is 13.6 Å². The van der Waals surface area contributed by atoms with Crippen molar-refractivity contribution in [3.8, 4) is 0 Å². The van der Waals surface area contributed by atoms with Crippen molar-refractivity contribution in [1.29, 1.82) is 0 Å². The summed E-state index contributed by atoms with van der Waals surface area (Å²) in [4.78, 5) is 0. The molecule has 1 unspecified atom stereocenters. The summed E-state index contributed by atoms with van der Waals surface area (Å²) in [5, 5.41) is 3.68. The van der Waals surface area contributed by atoms with E-state index in [9.17, 15) is 0 Å². The van der Waals surface area contributed by atoms with Crippen LogP contribution in [0.4, 0.5) is 0 Å². The topological polar surface area (TPSA) is 17.0 Å². The van der Waals surface area contributed by atoms with Gasteiger partial charge in [-0.1, -0.05) is 33.1 Å². The van der Waals surface area contributed by atoms with Crippen LogP contribution in [0.15, 0.2) is 18.3 Å². The number of hydrogen-bond donors (Lipinski definition) is 1. The van der Waals surface area contributed by atoms with Crippen LogP contribution in [0, 0.1) is 0 Å². The summed E-state index contributed by atoms with van der Waals surface area (Å²) in [5.41, 5.74) is 1.37. The highest BCUT2D eigenvalue weighted by atomic mass is 15.0. The molecule has 0 aliphatic rings. The van der Waals surface area contributed by atoms with E-state index in [1.54, 1.807) is 0 Å². The van der Waals surface area contributed by atoms with E-state index in [-0.39, 0.29) is 0 Å².